The van der Waals surface area contributed by atoms with Crippen LogP contribution in [-0.4, -0.2) is 29.3 Å². The molecular weight excluding hydrogens is 431 g/mol. The van der Waals surface area contributed by atoms with E-state index in [9.17, 15) is 18.0 Å². The first-order valence-electron chi connectivity index (χ1n) is 11.7. The quantitative estimate of drug-likeness (QED) is 0.410. The predicted molar refractivity (Wildman–Crippen MR) is 130 cm³/mol. The molecule has 0 atom stereocenters. The summed E-state index contributed by atoms with van der Waals surface area (Å²) in [6, 6.07) is 2.42. The fourth-order valence-corrected chi connectivity index (χ4v) is 3.03. The number of hydrogen-bond acceptors (Lipinski definition) is 4. The van der Waals surface area contributed by atoms with Gasteiger partial charge in [0, 0.05) is 24.6 Å². The molecule has 1 N–H and O–H groups in total. The van der Waals surface area contributed by atoms with Crippen molar-refractivity contribution in [3.05, 3.63) is 23.3 Å². The van der Waals surface area contributed by atoms with Crippen molar-refractivity contribution >= 4 is 17.2 Å². The number of ketones is 1. The first-order valence-corrected chi connectivity index (χ1v) is 11.7. The Morgan fingerprint density at radius 3 is 2.06 bits per heavy atom. The van der Waals surface area contributed by atoms with Crippen LogP contribution in [0, 0.1) is 12.8 Å². The van der Waals surface area contributed by atoms with Crippen LogP contribution in [0.15, 0.2) is 17.1 Å². The van der Waals surface area contributed by atoms with Gasteiger partial charge in [-0.25, -0.2) is 0 Å². The van der Waals surface area contributed by atoms with Crippen molar-refractivity contribution in [3.63, 3.8) is 0 Å². The van der Waals surface area contributed by atoms with Gasteiger partial charge < -0.3 is 9.84 Å². The second-order valence-electron chi connectivity index (χ2n) is 9.35. The molecule has 7 heteroatoms. The van der Waals surface area contributed by atoms with Gasteiger partial charge >= 0.3 is 6.18 Å². The normalized spacial score (nSPS) is 14.4. The third-order valence-electron chi connectivity index (χ3n) is 5.16. The number of methoxy groups -OCH3 is 1. The molecule has 0 spiro atoms. The van der Waals surface area contributed by atoms with Crippen molar-refractivity contribution in [1.82, 2.24) is 0 Å². The molecule has 190 valence electrons. The van der Waals surface area contributed by atoms with Crippen molar-refractivity contribution in [1.29, 1.82) is 0 Å². The monoisotopic (exact) mass is 473 g/mol. The number of aliphatic hydroxyl groups is 1. The molecule has 1 aliphatic rings. The molecule has 0 saturated heterocycles. The topological polar surface area (TPSA) is 58.9 Å². The van der Waals surface area contributed by atoms with Gasteiger partial charge in [0.25, 0.3) is 0 Å². The number of carbonyl (C=O) groups is 1. The number of alkyl halides is 3. The number of benzene rings is 1. The van der Waals surface area contributed by atoms with E-state index >= 15 is 0 Å². The summed E-state index contributed by atoms with van der Waals surface area (Å²) in [5, 5.41) is 9.10. The molecule has 0 unspecified atom stereocenters. The average molecular weight is 474 g/mol. The van der Waals surface area contributed by atoms with Crippen LogP contribution in [-0.2, 0) is 11.0 Å². The van der Waals surface area contributed by atoms with Crippen molar-refractivity contribution in [2.45, 2.75) is 105 Å². The maximum Gasteiger partial charge on any atom is 0.419 e. The summed E-state index contributed by atoms with van der Waals surface area (Å²) in [4.78, 5) is 15.0. The van der Waals surface area contributed by atoms with Crippen LogP contribution in [0.3, 0.4) is 0 Å². The van der Waals surface area contributed by atoms with Crippen molar-refractivity contribution in [3.8, 4) is 5.75 Å². The molecule has 1 aromatic rings. The van der Waals surface area contributed by atoms with Crippen LogP contribution in [0.25, 0.3) is 0 Å². The molecule has 0 aromatic heterocycles. The van der Waals surface area contributed by atoms with E-state index in [1.165, 1.54) is 32.4 Å². The zero-order valence-electron chi connectivity index (χ0n) is 21.5. The Labute approximate surface area is 197 Å². The number of hydrogen-bond donors (Lipinski definition) is 1. The molecule has 0 heterocycles. The number of carbonyl (C=O) groups excluding carboxylic acids is 1. The third kappa shape index (κ3) is 13.4. The molecule has 0 aliphatic heterocycles. The summed E-state index contributed by atoms with van der Waals surface area (Å²) in [6.07, 6.45) is 2.60. The number of ether oxygens (including phenoxy) is 1. The third-order valence-corrected chi connectivity index (χ3v) is 5.16. The lowest BCUT2D eigenvalue weighted by Crippen LogP contribution is -2.22. The van der Waals surface area contributed by atoms with E-state index < -0.39 is 17.3 Å². The highest BCUT2D eigenvalue weighted by Gasteiger charge is 2.34. The predicted octanol–water partition coefficient (Wildman–Crippen LogP) is 7.85. The van der Waals surface area contributed by atoms with Gasteiger partial charge in [-0.2, -0.15) is 13.2 Å². The molecule has 4 nitrogen and oxygen atoms in total. The lowest BCUT2D eigenvalue weighted by Gasteiger charge is -2.18. The Morgan fingerprint density at radius 1 is 1.21 bits per heavy atom. The van der Waals surface area contributed by atoms with E-state index in [1.54, 1.807) is 27.7 Å². The largest absolute Gasteiger partial charge is 0.496 e. The van der Waals surface area contributed by atoms with Gasteiger partial charge in [-0.1, -0.05) is 46.5 Å². The second kappa shape index (κ2) is 14.4. The van der Waals surface area contributed by atoms with Crippen molar-refractivity contribution < 1.29 is 27.8 Å². The average Bonchev–Trinajstić information content (AvgIpc) is 2.66. The first-order chi connectivity index (χ1) is 15.1. The minimum Gasteiger partial charge on any atom is -0.496 e. The maximum atomic E-state index is 12.8. The van der Waals surface area contributed by atoms with Crippen LogP contribution in [0.4, 0.5) is 18.9 Å². The van der Waals surface area contributed by atoms with Crippen LogP contribution >= 0.6 is 0 Å². The number of Topliss-reactive ketones (excluding diaryl/α,β-unsaturated/α-hetero) is 1. The minimum absolute atomic E-state index is 0.113. The summed E-state index contributed by atoms with van der Waals surface area (Å²) < 4.78 is 43.3. The smallest absolute Gasteiger partial charge is 0.419 e. The van der Waals surface area contributed by atoms with Gasteiger partial charge in [0.15, 0.2) is 0 Å². The number of aliphatic imine (C=N–C) groups is 1. The fourth-order valence-electron chi connectivity index (χ4n) is 3.03. The van der Waals surface area contributed by atoms with E-state index in [0.717, 1.165) is 30.5 Å². The van der Waals surface area contributed by atoms with Gasteiger partial charge in [0.05, 0.1) is 24.0 Å². The molecule has 0 bridgehead atoms. The second-order valence-corrected chi connectivity index (χ2v) is 9.35. The first kappa shape index (κ1) is 31.1. The fraction of sp³-hybridized carbons (Fsp3) is 0.692. The van der Waals surface area contributed by atoms with Gasteiger partial charge in [-0.05, 0) is 51.7 Å². The molecule has 1 aliphatic carbocycles. The molecule has 1 fully saturated rings. The number of aryl methyl sites for hydroxylation is 1. The molecule has 1 saturated carbocycles. The van der Waals surface area contributed by atoms with Crippen molar-refractivity contribution in [2.24, 2.45) is 10.9 Å². The zero-order chi connectivity index (χ0) is 25.8. The van der Waals surface area contributed by atoms with Gasteiger partial charge in [0.1, 0.15) is 11.5 Å². The summed E-state index contributed by atoms with van der Waals surface area (Å²) in [5.74, 6) is 0.985. The molecule has 33 heavy (non-hydrogen) atoms. The lowest BCUT2D eigenvalue weighted by atomic mass is 9.88. The Balaban J connectivity index is 0.000000598. The van der Waals surface area contributed by atoms with Crippen LogP contribution in [0.1, 0.15) is 97.6 Å². The molecule has 2 rings (SSSR count). The van der Waals surface area contributed by atoms with Gasteiger partial charge in [0.2, 0.25) is 0 Å². The summed E-state index contributed by atoms with van der Waals surface area (Å²) in [5.41, 5.74) is 0.319. The van der Waals surface area contributed by atoms with E-state index in [1.807, 2.05) is 13.8 Å². The summed E-state index contributed by atoms with van der Waals surface area (Å²) >= 11 is 0. The lowest BCUT2D eigenvalue weighted by molar-refractivity contribution is -0.138. The molecule has 1 aromatic carbocycles. The highest BCUT2D eigenvalue weighted by Crippen LogP contribution is 2.39. The highest BCUT2D eigenvalue weighted by molar-refractivity contribution is 5.85. The van der Waals surface area contributed by atoms with Crippen molar-refractivity contribution in [2.75, 3.05) is 7.11 Å². The molecule has 0 amide bonds. The summed E-state index contributed by atoms with van der Waals surface area (Å²) in [6.45, 7) is 12.9. The standard InChI is InChI=1S/C14H18F3NO.C7H14O2.C5H10/c1-5-6-10(3)18-12-8-13(19-4)11(7-9(12)2)14(15,16)17;1-4-6(8)5-7(2,3)9;1-5-3-2-4-5/h7-8H,5-6H2,1-4H3;9H,4-5H2,1-3H3;5H,2-4H2,1H3. The Hall–Kier alpha value is -1.89. The van der Waals surface area contributed by atoms with E-state index in [4.69, 9.17) is 9.84 Å². The summed E-state index contributed by atoms with van der Waals surface area (Å²) in [7, 11) is 1.23. The van der Waals surface area contributed by atoms with Crippen LogP contribution in [0.2, 0.25) is 0 Å². The number of nitrogens with zero attached hydrogens (tertiary/aromatic N) is 1. The van der Waals surface area contributed by atoms with E-state index in [2.05, 4.69) is 11.9 Å². The van der Waals surface area contributed by atoms with Gasteiger partial charge in [-0.3, -0.25) is 9.79 Å². The number of rotatable bonds is 7. The Morgan fingerprint density at radius 2 is 1.76 bits per heavy atom. The Bertz CT molecular complexity index is 761. The molecule has 0 radical (unpaired) electrons. The maximum absolute atomic E-state index is 12.8. The minimum atomic E-state index is -4.42. The van der Waals surface area contributed by atoms with E-state index in [0.29, 0.717) is 17.7 Å². The van der Waals surface area contributed by atoms with Crippen LogP contribution in [0.5, 0.6) is 5.75 Å². The number of halogens is 3. The molecular formula is C26H42F3NO3. The SMILES string of the molecule is CC1CCC1.CCC(=O)CC(C)(C)O.CCCC(C)=Nc1cc(OC)c(C(F)(F)F)cc1C. The zero-order valence-corrected chi connectivity index (χ0v) is 21.5. The highest BCUT2D eigenvalue weighted by atomic mass is 19.4. The van der Waals surface area contributed by atoms with Gasteiger partial charge in [-0.15, -0.1) is 0 Å². The Kier molecular flexibility index (Phi) is 13.6. The van der Waals surface area contributed by atoms with Crippen LogP contribution < -0.4 is 4.74 Å². The van der Waals surface area contributed by atoms with E-state index in [-0.39, 0.29) is 18.0 Å².